The Labute approximate surface area is 58.8 Å². The van der Waals surface area contributed by atoms with E-state index in [0.29, 0.717) is 0 Å². The highest BCUT2D eigenvalue weighted by Crippen LogP contribution is 2.04. The number of aromatic nitrogens is 1. The maximum atomic E-state index is 6.48. The monoisotopic (exact) mass is 136 g/mol. The molecule has 2 N–H and O–H groups in total. The molecule has 0 saturated carbocycles. The molecular formula is C6H8N4. The van der Waals surface area contributed by atoms with E-state index < -0.39 is 0 Å². The van der Waals surface area contributed by atoms with E-state index >= 15 is 0 Å². The second-order valence-electron chi connectivity index (χ2n) is 1.91. The molecule has 0 saturated heterocycles. The second kappa shape index (κ2) is 2.91. The number of nitrogens with zero attached hydrogens (tertiary/aromatic N) is 2. The summed E-state index contributed by atoms with van der Waals surface area (Å²) in [6.07, 6.45) is 1.63. The Morgan fingerprint density at radius 1 is 1.60 bits per heavy atom. The summed E-state index contributed by atoms with van der Waals surface area (Å²) in [5, 5.41) is 3.00. The normalized spacial score (nSPS) is 8.90. The van der Waals surface area contributed by atoms with Crippen molar-refractivity contribution in [2.45, 2.75) is 6.92 Å². The van der Waals surface area contributed by atoms with Crippen LogP contribution in [0.15, 0.2) is 23.6 Å². The fourth-order valence-corrected chi connectivity index (χ4v) is 0.598. The highest BCUT2D eigenvalue weighted by Gasteiger charge is 1.87. The van der Waals surface area contributed by atoms with E-state index in [1.54, 1.807) is 6.20 Å². The Balaban J connectivity index is 2.78. The van der Waals surface area contributed by atoms with Gasteiger partial charge in [0.25, 0.3) is 0 Å². The lowest BCUT2D eigenvalue weighted by Crippen LogP contribution is -1.87. The van der Waals surface area contributed by atoms with Crippen LogP contribution in [0.3, 0.4) is 0 Å². The van der Waals surface area contributed by atoms with E-state index in [0.717, 1.165) is 11.4 Å². The van der Waals surface area contributed by atoms with Gasteiger partial charge in [-0.25, -0.2) is 0 Å². The maximum Gasteiger partial charge on any atom is 0.0762 e. The number of rotatable bonds is 2. The van der Waals surface area contributed by atoms with E-state index in [1.807, 2.05) is 19.1 Å². The maximum absolute atomic E-state index is 6.48. The van der Waals surface area contributed by atoms with E-state index in [1.165, 1.54) is 0 Å². The van der Waals surface area contributed by atoms with Gasteiger partial charge in [-0.15, -0.1) is 0 Å². The van der Waals surface area contributed by atoms with Gasteiger partial charge in [0.1, 0.15) is 0 Å². The van der Waals surface area contributed by atoms with Crippen molar-refractivity contribution in [2.24, 2.45) is 5.22 Å². The van der Waals surface area contributed by atoms with Crippen molar-refractivity contribution in [3.8, 4) is 0 Å². The fourth-order valence-electron chi connectivity index (χ4n) is 0.598. The Morgan fingerprint density at radius 2 is 2.40 bits per heavy atom. The molecule has 4 nitrogen and oxygen atoms in total. The van der Waals surface area contributed by atoms with Gasteiger partial charge < -0.3 is 0 Å². The number of pyridine rings is 1. The largest absolute Gasteiger partial charge is 0.259 e. The van der Waals surface area contributed by atoms with E-state index in [-0.39, 0.29) is 0 Å². The van der Waals surface area contributed by atoms with Gasteiger partial charge in [-0.1, -0.05) is 5.22 Å². The van der Waals surface area contributed by atoms with E-state index in [9.17, 15) is 0 Å². The third-order valence-corrected chi connectivity index (χ3v) is 1.10. The molecule has 1 aromatic heterocycles. The first-order chi connectivity index (χ1) is 4.83. The summed E-state index contributed by atoms with van der Waals surface area (Å²) in [4.78, 5) is 3.99. The molecule has 10 heavy (non-hydrogen) atoms. The second-order valence-corrected chi connectivity index (χ2v) is 1.91. The lowest BCUT2D eigenvalue weighted by molar-refractivity contribution is 1.05. The standard InChI is InChI=1S/C6H8N4/c1-5-2-3-6(4-8-5)9-10-7/h2-4H,1H3,(H2,7,9). The van der Waals surface area contributed by atoms with Gasteiger partial charge >= 0.3 is 0 Å². The minimum atomic E-state index is 0.737. The van der Waals surface area contributed by atoms with Crippen molar-refractivity contribution in [3.63, 3.8) is 0 Å². The summed E-state index contributed by atoms with van der Waals surface area (Å²) in [7, 11) is 0. The van der Waals surface area contributed by atoms with Gasteiger partial charge in [-0.3, -0.25) is 10.4 Å². The first-order valence-corrected chi connectivity index (χ1v) is 2.88. The molecule has 52 valence electrons. The number of anilines is 1. The molecule has 0 atom stereocenters. The zero-order valence-electron chi connectivity index (χ0n) is 5.63. The third-order valence-electron chi connectivity index (χ3n) is 1.10. The number of nitrogens with one attached hydrogen (secondary N) is 2. The van der Waals surface area contributed by atoms with Gasteiger partial charge in [0.15, 0.2) is 0 Å². The molecule has 0 aromatic carbocycles. The van der Waals surface area contributed by atoms with Crippen LogP contribution in [0.25, 0.3) is 0 Å². The Hall–Kier alpha value is -1.45. The third kappa shape index (κ3) is 1.51. The fraction of sp³-hybridized carbons (Fsp3) is 0.167. The van der Waals surface area contributed by atoms with Crippen molar-refractivity contribution in [3.05, 3.63) is 24.0 Å². The first kappa shape index (κ1) is 6.67. The quantitative estimate of drug-likeness (QED) is 0.480. The summed E-state index contributed by atoms with van der Waals surface area (Å²) in [6.45, 7) is 1.90. The minimum Gasteiger partial charge on any atom is -0.259 e. The van der Waals surface area contributed by atoms with E-state index in [4.69, 9.17) is 5.53 Å². The lowest BCUT2D eigenvalue weighted by Gasteiger charge is -1.95. The number of hydrogen-bond donors (Lipinski definition) is 2. The summed E-state index contributed by atoms with van der Waals surface area (Å²) in [5.41, 5.74) is 10.6. The minimum absolute atomic E-state index is 0.737. The molecule has 0 unspecified atom stereocenters. The first-order valence-electron chi connectivity index (χ1n) is 2.88. The number of aryl methyl sites for hydroxylation is 1. The zero-order chi connectivity index (χ0) is 7.40. The van der Waals surface area contributed by atoms with Crippen LogP contribution < -0.4 is 5.43 Å². The molecule has 0 radical (unpaired) electrons. The predicted molar refractivity (Wildman–Crippen MR) is 37.7 cm³/mol. The lowest BCUT2D eigenvalue weighted by atomic mass is 10.3. The molecule has 0 aliphatic heterocycles. The van der Waals surface area contributed by atoms with E-state index in [2.05, 4.69) is 15.6 Å². The summed E-state index contributed by atoms with van der Waals surface area (Å²) in [6, 6.07) is 3.67. The topological polar surface area (TPSA) is 61.1 Å². The summed E-state index contributed by atoms with van der Waals surface area (Å²) >= 11 is 0. The molecule has 1 aromatic rings. The number of hydrogen-bond acceptors (Lipinski definition) is 3. The van der Waals surface area contributed by atoms with Gasteiger partial charge in [0, 0.05) is 5.69 Å². The van der Waals surface area contributed by atoms with Crippen molar-refractivity contribution in [2.75, 3.05) is 5.43 Å². The van der Waals surface area contributed by atoms with Gasteiger partial charge in [-0.05, 0) is 19.1 Å². The molecular weight excluding hydrogens is 128 g/mol. The van der Waals surface area contributed by atoms with Crippen LogP contribution in [0.1, 0.15) is 5.69 Å². The molecule has 1 heterocycles. The average molecular weight is 136 g/mol. The van der Waals surface area contributed by atoms with Crippen LogP contribution in [0, 0.1) is 12.5 Å². The molecule has 0 aliphatic rings. The highest BCUT2D eigenvalue weighted by molar-refractivity contribution is 5.39. The van der Waals surface area contributed by atoms with Crippen LogP contribution >= 0.6 is 0 Å². The van der Waals surface area contributed by atoms with Crippen molar-refractivity contribution >= 4 is 5.69 Å². The van der Waals surface area contributed by atoms with Crippen LogP contribution in [0.5, 0.6) is 0 Å². The Bertz CT molecular complexity index is 216. The summed E-state index contributed by atoms with van der Waals surface area (Å²) in [5.74, 6) is 0. The van der Waals surface area contributed by atoms with Crippen molar-refractivity contribution in [1.29, 1.82) is 5.53 Å². The average Bonchev–Trinajstić information content (AvgIpc) is 1.95. The zero-order valence-corrected chi connectivity index (χ0v) is 5.63. The van der Waals surface area contributed by atoms with Crippen molar-refractivity contribution < 1.29 is 0 Å². The van der Waals surface area contributed by atoms with Gasteiger partial charge in [-0.2, -0.15) is 5.53 Å². The van der Waals surface area contributed by atoms with Crippen LogP contribution in [0.4, 0.5) is 5.69 Å². The molecule has 4 heteroatoms. The SMILES string of the molecule is Cc1ccc(NN=N)cn1. The highest BCUT2D eigenvalue weighted by atomic mass is 15.4. The van der Waals surface area contributed by atoms with Gasteiger partial charge in [0.05, 0.1) is 11.9 Å². The molecule has 0 fully saturated rings. The molecule has 0 aliphatic carbocycles. The molecule has 1 rings (SSSR count). The summed E-state index contributed by atoms with van der Waals surface area (Å²) < 4.78 is 0. The van der Waals surface area contributed by atoms with Crippen LogP contribution in [-0.2, 0) is 0 Å². The predicted octanol–water partition coefficient (Wildman–Crippen LogP) is 1.75. The van der Waals surface area contributed by atoms with Crippen LogP contribution in [-0.4, -0.2) is 4.98 Å². The molecule has 0 amide bonds. The van der Waals surface area contributed by atoms with Crippen LogP contribution in [0.2, 0.25) is 0 Å². The molecule has 0 bridgehead atoms. The van der Waals surface area contributed by atoms with Crippen molar-refractivity contribution in [1.82, 2.24) is 4.98 Å². The Kier molecular flexibility index (Phi) is 1.94. The smallest absolute Gasteiger partial charge is 0.0762 e. The Morgan fingerprint density at radius 3 is 2.90 bits per heavy atom. The van der Waals surface area contributed by atoms with Gasteiger partial charge in [0.2, 0.25) is 0 Å². The molecule has 0 spiro atoms.